The van der Waals surface area contributed by atoms with Crippen LogP contribution in [-0.4, -0.2) is 27.1 Å². The summed E-state index contributed by atoms with van der Waals surface area (Å²) < 4.78 is 0. The van der Waals surface area contributed by atoms with Crippen LogP contribution < -0.4 is 5.32 Å². The highest BCUT2D eigenvalue weighted by molar-refractivity contribution is 5.99. The third kappa shape index (κ3) is 1.90. The number of hydrogen-bond donors (Lipinski definition) is 3. The molecule has 0 aliphatic heterocycles. The van der Waals surface area contributed by atoms with Crippen LogP contribution in [0.3, 0.4) is 0 Å². The molecule has 1 amide bonds. The Bertz CT molecular complexity index is 513. The number of aliphatic carboxylic acids is 1. The fraction of sp³-hybridized carbons (Fsp3) is 0.417. The lowest BCUT2D eigenvalue weighted by molar-refractivity contribution is -0.140. The van der Waals surface area contributed by atoms with Gasteiger partial charge in [-0.25, -0.2) is 4.98 Å². The van der Waals surface area contributed by atoms with Gasteiger partial charge in [0.05, 0.1) is 11.8 Å². The number of carbonyl (C=O) groups excluding carboxylic acids is 1. The van der Waals surface area contributed by atoms with E-state index < -0.39 is 29.1 Å². The van der Waals surface area contributed by atoms with Gasteiger partial charge in [-0.1, -0.05) is 13.8 Å². The van der Waals surface area contributed by atoms with Crippen molar-refractivity contribution in [1.82, 2.24) is 4.98 Å². The fourth-order valence-electron chi connectivity index (χ4n) is 2.28. The molecule has 1 aromatic rings. The number of nitrogens with zero attached hydrogens (tertiary/aromatic N) is 1. The number of anilines is 1. The predicted octanol–water partition coefficient (Wildman–Crippen LogP) is 1.08. The molecule has 2 atom stereocenters. The Morgan fingerprint density at radius 3 is 2.56 bits per heavy atom. The average molecular weight is 250 g/mol. The molecule has 1 aromatic heterocycles. The van der Waals surface area contributed by atoms with E-state index in [0.717, 1.165) is 0 Å². The van der Waals surface area contributed by atoms with Gasteiger partial charge in [-0.05, 0) is 17.5 Å². The molecule has 1 aliphatic carbocycles. The Morgan fingerprint density at radius 1 is 1.39 bits per heavy atom. The Hall–Kier alpha value is -2.11. The van der Waals surface area contributed by atoms with E-state index in [1.165, 1.54) is 18.3 Å². The van der Waals surface area contributed by atoms with Crippen LogP contribution in [0.4, 0.5) is 5.82 Å². The fourth-order valence-corrected chi connectivity index (χ4v) is 2.28. The molecule has 6 heteroatoms. The molecular formula is C12H14N2O4. The summed E-state index contributed by atoms with van der Waals surface area (Å²) in [5, 5.41) is 20.9. The van der Waals surface area contributed by atoms with E-state index in [2.05, 4.69) is 10.3 Å². The maximum Gasteiger partial charge on any atom is 0.307 e. The molecule has 6 nitrogen and oxygen atoms in total. The summed E-state index contributed by atoms with van der Waals surface area (Å²) in [6.07, 6.45) is 1.43. The number of aromatic hydroxyl groups is 1. The van der Waals surface area contributed by atoms with Gasteiger partial charge in [0, 0.05) is 6.20 Å². The molecule has 0 saturated heterocycles. The zero-order valence-electron chi connectivity index (χ0n) is 10.0. The van der Waals surface area contributed by atoms with Crippen molar-refractivity contribution < 1.29 is 19.8 Å². The zero-order valence-corrected chi connectivity index (χ0v) is 10.0. The second-order valence-electron chi connectivity index (χ2n) is 4.98. The van der Waals surface area contributed by atoms with Crippen LogP contribution in [0.1, 0.15) is 13.8 Å². The summed E-state index contributed by atoms with van der Waals surface area (Å²) >= 11 is 0. The van der Waals surface area contributed by atoms with Crippen LogP contribution in [0.2, 0.25) is 0 Å². The minimum absolute atomic E-state index is 0.0503. The predicted molar refractivity (Wildman–Crippen MR) is 62.9 cm³/mol. The largest absolute Gasteiger partial charge is 0.504 e. The summed E-state index contributed by atoms with van der Waals surface area (Å²) in [5.74, 6) is -2.79. The van der Waals surface area contributed by atoms with Crippen LogP contribution in [-0.2, 0) is 9.59 Å². The van der Waals surface area contributed by atoms with Crippen LogP contribution in [0.15, 0.2) is 18.3 Å². The van der Waals surface area contributed by atoms with Crippen molar-refractivity contribution in [3.05, 3.63) is 18.3 Å². The minimum atomic E-state index is -0.981. The van der Waals surface area contributed by atoms with Gasteiger partial charge in [0.2, 0.25) is 5.91 Å². The van der Waals surface area contributed by atoms with Gasteiger partial charge in [-0.3, -0.25) is 9.59 Å². The Kier molecular flexibility index (Phi) is 2.73. The van der Waals surface area contributed by atoms with Crippen molar-refractivity contribution >= 4 is 17.7 Å². The first-order chi connectivity index (χ1) is 8.35. The summed E-state index contributed by atoms with van der Waals surface area (Å²) in [7, 11) is 0. The number of rotatable bonds is 3. The maximum atomic E-state index is 11.9. The smallest absolute Gasteiger partial charge is 0.307 e. The molecule has 1 aliphatic rings. The van der Waals surface area contributed by atoms with Gasteiger partial charge in [0.1, 0.15) is 0 Å². The molecule has 2 rings (SSSR count). The van der Waals surface area contributed by atoms with E-state index in [4.69, 9.17) is 5.11 Å². The molecule has 0 aromatic carbocycles. The standard InChI is InChI=1S/C12H14N2O4/c1-12(2)7(8(12)11(17)18)10(16)14-9-6(15)4-3-5-13-9/h3-5,7-8,15H,1-2H3,(H,17,18)(H,13,14,16)/t7-,8+/m0/s1. The van der Waals surface area contributed by atoms with Gasteiger partial charge in [-0.2, -0.15) is 0 Å². The summed E-state index contributed by atoms with van der Waals surface area (Å²) in [4.78, 5) is 26.7. The number of nitrogens with one attached hydrogen (secondary N) is 1. The van der Waals surface area contributed by atoms with E-state index >= 15 is 0 Å². The third-order valence-corrected chi connectivity index (χ3v) is 3.40. The first kappa shape index (κ1) is 12.3. The second kappa shape index (κ2) is 3.97. The maximum absolute atomic E-state index is 11.9. The number of carbonyl (C=O) groups is 2. The number of hydrogen-bond acceptors (Lipinski definition) is 4. The lowest BCUT2D eigenvalue weighted by Gasteiger charge is -2.06. The summed E-state index contributed by atoms with van der Waals surface area (Å²) in [5.41, 5.74) is -0.569. The van der Waals surface area contributed by atoms with Crippen molar-refractivity contribution in [2.75, 3.05) is 5.32 Å². The molecule has 1 heterocycles. The van der Waals surface area contributed by atoms with Gasteiger partial charge in [0.25, 0.3) is 0 Å². The van der Waals surface area contributed by atoms with Crippen LogP contribution in [0, 0.1) is 17.3 Å². The molecule has 1 fully saturated rings. The van der Waals surface area contributed by atoms with Crippen LogP contribution in [0.25, 0.3) is 0 Å². The van der Waals surface area contributed by atoms with Gasteiger partial charge in [-0.15, -0.1) is 0 Å². The average Bonchev–Trinajstić information content (AvgIpc) is 2.85. The van der Waals surface area contributed by atoms with Gasteiger partial charge in [0.15, 0.2) is 11.6 Å². The highest BCUT2D eigenvalue weighted by Gasteiger charge is 2.65. The molecular weight excluding hydrogens is 236 g/mol. The quantitative estimate of drug-likeness (QED) is 0.745. The van der Waals surface area contributed by atoms with E-state index in [9.17, 15) is 14.7 Å². The van der Waals surface area contributed by atoms with Gasteiger partial charge >= 0.3 is 5.97 Å². The first-order valence-corrected chi connectivity index (χ1v) is 5.53. The van der Waals surface area contributed by atoms with E-state index in [1.54, 1.807) is 13.8 Å². The second-order valence-corrected chi connectivity index (χ2v) is 4.98. The van der Waals surface area contributed by atoms with Crippen molar-refractivity contribution in [3.8, 4) is 5.75 Å². The van der Waals surface area contributed by atoms with Crippen LogP contribution >= 0.6 is 0 Å². The SMILES string of the molecule is CC1(C)[C@H](C(=O)Nc2ncccc2O)[C@@H]1C(=O)O. The molecule has 0 unspecified atom stereocenters. The number of amides is 1. The molecule has 18 heavy (non-hydrogen) atoms. The monoisotopic (exact) mass is 250 g/mol. The van der Waals surface area contributed by atoms with Crippen molar-refractivity contribution in [1.29, 1.82) is 0 Å². The summed E-state index contributed by atoms with van der Waals surface area (Å²) in [6.45, 7) is 3.46. The molecule has 0 bridgehead atoms. The normalized spacial score (nSPS) is 24.3. The Labute approximate surface area is 104 Å². The van der Waals surface area contributed by atoms with Crippen LogP contribution in [0.5, 0.6) is 5.75 Å². The molecule has 0 radical (unpaired) electrons. The highest BCUT2D eigenvalue weighted by Crippen LogP contribution is 2.58. The first-order valence-electron chi connectivity index (χ1n) is 5.53. The van der Waals surface area contributed by atoms with E-state index in [1.807, 2.05) is 0 Å². The highest BCUT2D eigenvalue weighted by atomic mass is 16.4. The van der Waals surface area contributed by atoms with Crippen molar-refractivity contribution in [3.63, 3.8) is 0 Å². The van der Waals surface area contributed by atoms with E-state index in [-0.39, 0.29) is 11.6 Å². The van der Waals surface area contributed by atoms with Gasteiger partial charge < -0.3 is 15.5 Å². The Morgan fingerprint density at radius 2 is 2.06 bits per heavy atom. The lowest BCUT2D eigenvalue weighted by atomic mass is 10.1. The molecule has 3 N–H and O–H groups in total. The number of aromatic nitrogens is 1. The zero-order chi connectivity index (χ0) is 13.5. The number of pyridine rings is 1. The topological polar surface area (TPSA) is 99.5 Å². The number of carboxylic acids is 1. The van der Waals surface area contributed by atoms with Crippen molar-refractivity contribution in [2.24, 2.45) is 17.3 Å². The third-order valence-electron chi connectivity index (χ3n) is 3.40. The molecule has 96 valence electrons. The van der Waals surface area contributed by atoms with Crippen molar-refractivity contribution in [2.45, 2.75) is 13.8 Å². The number of carboxylic acid groups (broad SMARTS) is 1. The molecule has 0 spiro atoms. The molecule has 1 saturated carbocycles. The summed E-state index contributed by atoms with van der Waals surface area (Å²) in [6, 6.07) is 2.93. The Balaban J connectivity index is 2.11. The van der Waals surface area contributed by atoms with E-state index in [0.29, 0.717) is 0 Å². The minimum Gasteiger partial charge on any atom is -0.504 e. The lowest BCUT2D eigenvalue weighted by Crippen LogP contribution is -2.18.